The molecule has 1 atom stereocenters. The van der Waals surface area contributed by atoms with Crippen LogP contribution in [0.15, 0.2) is 46.3 Å². The van der Waals surface area contributed by atoms with Crippen molar-refractivity contribution >= 4 is 28.2 Å². The van der Waals surface area contributed by atoms with Crippen LogP contribution in [0.2, 0.25) is 0 Å². The van der Waals surface area contributed by atoms with Crippen LogP contribution in [0.4, 0.5) is 0 Å². The summed E-state index contributed by atoms with van der Waals surface area (Å²) in [5, 5.41) is 10.2. The molecule has 0 spiro atoms. The first-order valence-corrected chi connectivity index (χ1v) is 10.5. The first kappa shape index (κ1) is 18.2. The van der Waals surface area contributed by atoms with Gasteiger partial charge >= 0.3 is 0 Å². The molecular formula is C21H25N3O2S. The molecule has 5 nitrogen and oxygen atoms in total. The van der Waals surface area contributed by atoms with Crippen molar-refractivity contribution in [3.8, 4) is 0 Å². The van der Waals surface area contributed by atoms with Crippen LogP contribution in [0.1, 0.15) is 36.4 Å². The molecule has 142 valence electrons. The van der Waals surface area contributed by atoms with Crippen LogP contribution in [0.5, 0.6) is 0 Å². The largest absolute Gasteiger partial charge is 0.356 e. The molecule has 1 N–H and O–H groups in total. The van der Waals surface area contributed by atoms with Gasteiger partial charge in [0.15, 0.2) is 5.58 Å². The van der Waals surface area contributed by atoms with Gasteiger partial charge < -0.3 is 9.84 Å². The van der Waals surface area contributed by atoms with E-state index in [0.29, 0.717) is 12.2 Å². The van der Waals surface area contributed by atoms with Crippen molar-refractivity contribution in [2.24, 2.45) is 5.92 Å². The lowest BCUT2D eigenvalue weighted by Crippen LogP contribution is -2.42. The number of benzene rings is 1. The molecule has 2 aromatic heterocycles. The molecule has 6 heteroatoms. The van der Waals surface area contributed by atoms with Gasteiger partial charge in [0.1, 0.15) is 5.69 Å². The fraction of sp³-hybridized carbons (Fsp3) is 0.429. The van der Waals surface area contributed by atoms with Gasteiger partial charge in [-0.05, 0) is 55.4 Å². The fourth-order valence-corrected chi connectivity index (χ4v) is 4.58. The molecule has 1 saturated heterocycles. The molecular weight excluding hydrogens is 358 g/mol. The van der Waals surface area contributed by atoms with Crippen molar-refractivity contribution in [3.05, 3.63) is 52.3 Å². The first-order chi connectivity index (χ1) is 13.2. The van der Waals surface area contributed by atoms with Crippen LogP contribution < -0.4 is 5.32 Å². The Labute approximate surface area is 163 Å². The lowest BCUT2D eigenvalue weighted by Gasteiger charge is -2.36. The topological polar surface area (TPSA) is 58.4 Å². The maximum atomic E-state index is 12.6. The Bertz CT molecular complexity index is 882. The second-order valence-electron chi connectivity index (χ2n) is 7.36. The average Bonchev–Trinajstić information content (AvgIpc) is 3.34. The number of hydrogen-bond donors (Lipinski definition) is 1. The summed E-state index contributed by atoms with van der Waals surface area (Å²) >= 11 is 1.76. The molecule has 0 bridgehead atoms. The van der Waals surface area contributed by atoms with E-state index < -0.39 is 0 Å². The number of nitrogens with one attached hydrogen (secondary N) is 1. The number of aromatic nitrogens is 1. The molecule has 1 aliphatic rings. The van der Waals surface area contributed by atoms with E-state index in [-0.39, 0.29) is 18.4 Å². The first-order valence-electron chi connectivity index (χ1n) is 9.58. The average molecular weight is 384 g/mol. The van der Waals surface area contributed by atoms with Gasteiger partial charge in [-0.15, -0.1) is 11.3 Å². The summed E-state index contributed by atoms with van der Waals surface area (Å²) in [5.41, 5.74) is 1.42. The number of piperidine rings is 1. The van der Waals surface area contributed by atoms with Crippen LogP contribution in [-0.2, 0) is 11.2 Å². The highest BCUT2D eigenvalue weighted by molar-refractivity contribution is 7.10. The predicted octanol–water partition coefficient (Wildman–Crippen LogP) is 4.02. The Kier molecular flexibility index (Phi) is 5.55. The molecule has 1 aliphatic heterocycles. The Balaban J connectivity index is 1.40. The van der Waals surface area contributed by atoms with Crippen LogP contribution in [0.25, 0.3) is 11.0 Å². The normalized spacial score (nSPS) is 17.2. The lowest BCUT2D eigenvalue weighted by molar-refractivity contribution is -0.120. The van der Waals surface area contributed by atoms with Crippen LogP contribution >= 0.6 is 11.3 Å². The summed E-state index contributed by atoms with van der Waals surface area (Å²) < 4.78 is 5.30. The number of amides is 1. The minimum absolute atomic E-state index is 0.0130. The summed E-state index contributed by atoms with van der Waals surface area (Å²) in [6.45, 7) is 5.13. The van der Waals surface area contributed by atoms with Crippen LogP contribution in [0, 0.1) is 5.92 Å². The predicted molar refractivity (Wildman–Crippen MR) is 108 cm³/mol. The lowest BCUT2D eigenvalue weighted by atomic mass is 9.97. The van der Waals surface area contributed by atoms with Gasteiger partial charge in [-0.25, -0.2) is 0 Å². The van der Waals surface area contributed by atoms with Crippen LogP contribution in [0.3, 0.4) is 0 Å². The zero-order valence-electron chi connectivity index (χ0n) is 15.6. The van der Waals surface area contributed by atoms with Crippen molar-refractivity contribution in [1.29, 1.82) is 0 Å². The van der Waals surface area contributed by atoms with E-state index in [1.165, 1.54) is 17.7 Å². The summed E-state index contributed by atoms with van der Waals surface area (Å²) in [6, 6.07) is 12.2. The number of fused-ring (bicyclic) bond motifs is 1. The third-order valence-electron chi connectivity index (χ3n) is 5.40. The molecule has 3 heterocycles. The molecule has 27 heavy (non-hydrogen) atoms. The molecule has 1 aromatic carbocycles. The highest BCUT2D eigenvalue weighted by Gasteiger charge is 2.26. The van der Waals surface area contributed by atoms with Crippen molar-refractivity contribution in [2.45, 2.75) is 32.2 Å². The van der Waals surface area contributed by atoms with Crippen LogP contribution in [-0.4, -0.2) is 35.6 Å². The Hall–Kier alpha value is -2.18. The maximum Gasteiger partial charge on any atom is 0.226 e. The highest BCUT2D eigenvalue weighted by atomic mass is 32.1. The Morgan fingerprint density at radius 1 is 1.30 bits per heavy atom. The number of nitrogens with zero attached hydrogens (tertiary/aromatic N) is 2. The van der Waals surface area contributed by atoms with E-state index >= 15 is 0 Å². The van der Waals surface area contributed by atoms with E-state index in [1.54, 1.807) is 11.3 Å². The van der Waals surface area contributed by atoms with Crippen molar-refractivity contribution in [1.82, 2.24) is 15.4 Å². The monoisotopic (exact) mass is 383 g/mol. The maximum absolute atomic E-state index is 12.6. The molecule has 1 fully saturated rings. The molecule has 4 rings (SSSR count). The van der Waals surface area contributed by atoms with E-state index in [9.17, 15) is 4.79 Å². The zero-order valence-corrected chi connectivity index (χ0v) is 16.4. The van der Waals surface area contributed by atoms with E-state index in [4.69, 9.17) is 4.52 Å². The number of likely N-dealkylation sites (tertiary alicyclic amines) is 1. The molecule has 1 unspecified atom stereocenters. The van der Waals surface area contributed by atoms with Crippen molar-refractivity contribution in [2.75, 3.05) is 19.6 Å². The molecule has 0 aliphatic carbocycles. The van der Waals surface area contributed by atoms with E-state index in [0.717, 1.165) is 30.0 Å². The highest BCUT2D eigenvalue weighted by Crippen LogP contribution is 2.29. The third kappa shape index (κ3) is 4.22. The summed E-state index contributed by atoms with van der Waals surface area (Å²) in [4.78, 5) is 16.4. The molecule has 3 aromatic rings. The van der Waals surface area contributed by atoms with Crippen molar-refractivity contribution in [3.63, 3.8) is 0 Å². The quantitative estimate of drug-likeness (QED) is 0.698. The van der Waals surface area contributed by atoms with Gasteiger partial charge in [0.2, 0.25) is 5.91 Å². The third-order valence-corrected chi connectivity index (χ3v) is 6.38. The molecule has 0 saturated carbocycles. The second-order valence-corrected chi connectivity index (χ2v) is 8.34. The van der Waals surface area contributed by atoms with Crippen molar-refractivity contribution < 1.29 is 9.32 Å². The smallest absolute Gasteiger partial charge is 0.226 e. The minimum atomic E-state index is -0.0130. The number of carbonyl (C=O) groups excluding carboxylic acids is 1. The van der Waals surface area contributed by atoms with E-state index in [2.05, 4.69) is 39.8 Å². The summed E-state index contributed by atoms with van der Waals surface area (Å²) in [5.74, 6) is 0.779. The van der Waals surface area contributed by atoms with Gasteiger partial charge in [0.25, 0.3) is 0 Å². The number of hydrogen-bond acceptors (Lipinski definition) is 5. The SMILES string of the molecule is CC1CCN(C(CNC(=O)Cc2noc3ccccc23)c2cccs2)CC1. The Morgan fingerprint density at radius 2 is 2.11 bits per heavy atom. The number of thiophene rings is 1. The number of rotatable bonds is 6. The summed E-state index contributed by atoms with van der Waals surface area (Å²) in [7, 11) is 0. The standard InChI is InChI=1S/C21H25N3O2S/c1-15-8-10-24(11-9-15)18(20-7-4-12-27-20)14-22-21(25)13-17-16-5-2-3-6-19(16)26-23-17/h2-7,12,15,18H,8-11,13-14H2,1H3,(H,22,25). The van der Waals surface area contributed by atoms with E-state index in [1.807, 2.05) is 24.3 Å². The fourth-order valence-electron chi connectivity index (χ4n) is 3.72. The Morgan fingerprint density at radius 3 is 2.89 bits per heavy atom. The van der Waals surface area contributed by atoms with Gasteiger partial charge in [-0.3, -0.25) is 9.69 Å². The van der Waals surface area contributed by atoms with Gasteiger partial charge in [0.05, 0.1) is 12.5 Å². The van der Waals surface area contributed by atoms with Gasteiger partial charge in [-0.2, -0.15) is 0 Å². The summed E-state index contributed by atoms with van der Waals surface area (Å²) in [6.07, 6.45) is 2.69. The van der Waals surface area contributed by atoms with Gasteiger partial charge in [-0.1, -0.05) is 30.3 Å². The molecule has 0 radical (unpaired) electrons. The number of para-hydroxylation sites is 1. The van der Waals surface area contributed by atoms with Gasteiger partial charge in [0, 0.05) is 16.8 Å². The number of carbonyl (C=O) groups is 1. The zero-order chi connectivity index (χ0) is 18.6. The molecule has 1 amide bonds. The second kappa shape index (κ2) is 8.23. The minimum Gasteiger partial charge on any atom is -0.356 e.